The van der Waals surface area contributed by atoms with E-state index >= 15 is 0 Å². The summed E-state index contributed by atoms with van der Waals surface area (Å²) in [6.07, 6.45) is -5.15. The lowest BCUT2D eigenvalue weighted by molar-refractivity contribution is -0.274. The number of halogens is 4. The number of hydrogen-bond donors (Lipinski definition) is 2. The molecule has 0 atom stereocenters. The summed E-state index contributed by atoms with van der Waals surface area (Å²) >= 11 is 6.18. The van der Waals surface area contributed by atoms with Crippen LogP contribution >= 0.6 is 11.6 Å². The highest BCUT2D eigenvalue weighted by Gasteiger charge is 2.34. The Morgan fingerprint density at radius 3 is 2.45 bits per heavy atom. The number of aromatic nitrogens is 4. The van der Waals surface area contributed by atoms with Crippen LogP contribution in [0.1, 0.15) is 22.8 Å². The Kier molecular flexibility index (Phi) is 6.78. The summed E-state index contributed by atoms with van der Waals surface area (Å²) in [5.41, 5.74) is -0.350. The summed E-state index contributed by atoms with van der Waals surface area (Å²) in [7, 11) is -4.38. The third-order valence-corrected chi connectivity index (χ3v) is 5.96. The van der Waals surface area contributed by atoms with Crippen LogP contribution in [0.4, 0.5) is 24.8 Å². The van der Waals surface area contributed by atoms with Crippen molar-refractivity contribution < 1.29 is 31.1 Å². The van der Waals surface area contributed by atoms with Crippen molar-refractivity contribution in [1.82, 2.24) is 20.2 Å². The van der Waals surface area contributed by atoms with Crippen molar-refractivity contribution in [2.24, 2.45) is 0 Å². The Balaban J connectivity index is 2.03. The number of nitrogens with zero attached hydrogens (tertiary/aromatic N) is 4. The second-order valence-electron chi connectivity index (χ2n) is 6.54. The van der Waals surface area contributed by atoms with E-state index in [1.54, 1.807) is 13.8 Å². The number of amides is 1. The summed E-state index contributed by atoms with van der Waals surface area (Å²) in [6, 6.07) is 7.25. The van der Waals surface area contributed by atoms with E-state index in [1.165, 1.54) is 28.9 Å². The van der Waals surface area contributed by atoms with E-state index in [0.717, 1.165) is 17.7 Å². The number of alkyl halides is 3. The summed E-state index contributed by atoms with van der Waals surface area (Å²) in [4.78, 5) is 12.4. The Morgan fingerprint density at radius 1 is 1.18 bits per heavy atom. The standard InChI is InChI=1S/C18H16ClF3N6O4S/c1-3-28-17(24-26-27-28)23-16(29)12-8-9-13(32-18(20,21)22)15(14(12)19)25-33(30,31)11-6-4-10(2)5-7-11/h4-9,25H,3H2,1-2H3,(H,23,24,27,29). The predicted molar refractivity (Wildman–Crippen MR) is 112 cm³/mol. The van der Waals surface area contributed by atoms with Crippen molar-refractivity contribution >= 4 is 39.2 Å². The SMILES string of the molecule is CCn1nnnc1NC(=O)c1ccc(OC(F)(F)F)c(NS(=O)(=O)c2ccc(C)cc2)c1Cl. The van der Waals surface area contributed by atoms with Crippen LogP contribution in [0.25, 0.3) is 0 Å². The number of anilines is 2. The smallest absolute Gasteiger partial charge is 0.403 e. The fraction of sp³-hybridized carbons (Fsp3) is 0.222. The minimum Gasteiger partial charge on any atom is -0.403 e. The van der Waals surface area contributed by atoms with Crippen molar-refractivity contribution in [3.05, 3.63) is 52.5 Å². The van der Waals surface area contributed by atoms with E-state index < -0.39 is 38.8 Å². The molecule has 0 unspecified atom stereocenters. The van der Waals surface area contributed by atoms with Crippen LogP contribution in [0.15, 0.2) is 41.3 Å². The van der Waals surface area contributed by atoms with E-state index in [4.69, 9.17) is 11.6 Å². The maximum atomic E-state index is 12.9. The molecule has 0 spiro atoms. The van der Waals surface area contributed by atoms with Crippen LogP contribution in [-0.2, 0) is 16.6 Å². The van der Waals surface area contributed by atoms with Crippen LogP contribution in [0.3, 0.4) is 0 Å². The second kappa shape index (κ2) is 9.23. The maximum absolute atomic E-state index is 12.9. The van der Waals surface area contributed by atoms with Crippen LogP contribution in [0.5, 0.6) is 5.75 Å². The average molecular weight is 505 g/mol. The Bertz CT molecular complexity index is 1280. The minimum atomic E-state index is -5.15. The molecule has 15 heteroatoms. The molecular weight excluding hydrogens is 489 g/mol. The monoisotopic (exact) mass is 504 g/mol. The molecule has 0 fully saturated rings. The molecule has 2 aromatic carbocycles. The van der Waals surface area contributed by atoms with Crippen LogP contribution in [0, 0.1) is 6.92 Å². The molecule has 0 saturated carbocycles. The molecule has 3 rings (SSSR count). The first-order chi connectivity index (χ1) is 15.4. The molecule has 1 amide bonds. The van der Waals surface area contributed by atoms with Gasteiger partial charge in [-0.3, -0.25) is 14.8 Å². The van der Waals surface area contributed by atoms with Crippen molar-refractivity contribution in [1.29, 1.82) is 0 Å². The topological polar surface area (TPSA) is 128 Å². The Hall–Kier alpha value is -3.39. The first-order valence-electron chi connectivity index (χ1n) is 9.16. The minimum absolute atomic E-state index is 0.0454. The first-order valence-corrected chi connectivity index (χ1v) is 11.0. The van der Waals surface area contributed by atoms with E-state index in [9.17, 15) is 26.4 Å². The summed E-state index contributed by atoms with van der Waals surface area (Å²) in [5.74, 6) is -1.88. The molecule has 0 aliphatic carbocycles. The normalized spacial score (nSPS) is 11.8. The summed E-state index contributed by atoms with van der Waals surface area (Å²) in [5, 5.41) is 12.4. The van der Waals surface area contributed by atoms with Crippen LogP contribution in [-0.4, -0.2) is 40.9 Å². The predicted octanol–water partition coefficient (Wildman–Crippen LogP) is 3.61. The zero-order valence-corrected chi connectivity index (χ0v) is 18.6. The quantitative estimate of drug-likeness (QED) is 0.503. The number of tetrazole rings is 1. The van der Waals surface area contributed by atoms with E-state index in [2.05, 4.69) is 25.6 Å². The van der Waals surface area contributed by atoms with E-state index in [-0.39, 0.29) is 16.4 Å². The molecule has 10 nitrogen and oxygen atoms in total. The fourth-order valence-electron chi connectivity index (χ4n) is 2.63. The third kappa shape index (κ3) is 5.70. The van der Waals surface area contributed by atoms with Gasteiger partial charge in [0.2, 0.25) is 5.95 Å². The maximum Gasteiger partial charge on any atom is 0.573 e. The van der Waals surface area contributed by atoms with Crippen molar-refractivity contribution in [3.63, 3.8) is 0 Å². The molecule has 33 heavy (non-hydrogen) atoms. The largest absolute Gasteiger partial charge is 0.573 e. The lowest BCUT2D eigenvalue weighted by Crippen LogP contribution is -2.22. The second-order valence-corrected chi connectivity index (χ2v) is 8.60. The molecular formula is C18H16ClF3N6O4S. The zero-order chi connectivity index (χ0) is 24.4. The number of ether oxygens (including phenoxy) is 1. The van der Waals surface area contributed by atoms with Crippen molar-refractivity contribution in [2.45, 2.75) is 31.7 Å². The number of carbonyl (C=O) groups excluding carboxylic acids is 1. The molecule has 2 N–H and O–H groups in total. The molecule has 176 valence electrons. The number of nitrogens with one attached hydrogen (secondary N) is 2. The van der Waals surface area contributed by atoms with Gasteiger partial charge in [-0.25, -0.2) is 13.1 Å². The van der Waals surface area contributed by atoms with Crippen LogP contribution in [0.2, 0.25) is 5.02 Å². The summed E-state index contributed by atoms with van der Waals surface area (Å²) in [6.45, 7) is 3.75. The van der Waals surface area contributed by atoms with Crippen molar-refractivity contribution in [2.75, 3.05) is 10.0 Å². The Labute approximate surface area is 190 Å². The number of aryl methyl sites for hydroxylation is 2. The highest BCUT2D eigenvalue weighted by Crippen LogP contribution is 2.39. The van der Waals surface area contributed by atoms with E-state index in [0.29, 0.717) is 6.54 Å². The van der Waals surface area contributed by atoms with Gasteiger partial charge in [0.15, 0.2) is 5.75 Å². The molecule has 1 heterocycles. The van der Waals surface area contributed by atoms with E-state index in [1.807, 2.05) is 4.72 Å². The van der Waals surface area contributed by atoms with Gasteiger partial charge in [0.05, 0.1) is 15.5 Å². The molecule has 0 saturated heterocycles. The zero-order valence-electron chi connectivity index (χ0n) is 17.0. The number of rotatable bonds is 7. The van der Waals surface area contributed by atoms with Gasteiger partial charge in [0.1, 0.15) is 5.69 Å². The highest BCUT2D eigenvalue weighted by atomic mass is 35.5. The van der Waals surface area contributed by atoms with Gasteiger partial charge in [-0.05, 0) is 48.5 Å². The number of hydrogen-bond acceptors (Lipinski definition) is 7. The molecule has 0 bridgehead atoms. The van der Waals surface area contributed by atoms with Crippen LogP contribution < -0.4 is 14.8 Å². The molecule has 3 aromatic rings. The Morgan fingerprint density at radius 2 is 1.85 bits per heavy atom. The lowest BCUT2D eigenvalue weighted by Gasteiger charge is -2.18. The molecule has 0 aliphatic rings. The van der Waals surface area contributed by atoms with Gasteiger partial charge in [-0.1, -0.05) is 34.4 Å². The average Bonchev–Trinajstić information content (AvgIpc) is 3.17. The van der Waals surface area contributed by atoms with Gasteiger partial charge in [-0.15, -0.1) is 13.2 Å². The highest BCUT2D eigenvalue weighted by molar-refractivity contribution is 7.92. The molecule has 1 aromatic heterocycles. The third-order valence-electron chi connectivity index (χ3n) is 4.20. The number of carbonyl (C=O) groups is 1. The van der Waals surface area contributed by atoms with Gasteiger partial charge in [-0.2, -0.15) is 0 Å². The first kappa shape index (κ1) is 24.3. The summed E-state index contributed by atoms with van der Waals surface area (Å²) < 4.78 is 71.4. The van der Waals surface area contributed by atoms with Gasteiger partial charge >= 0.3 is 6.36 Å². The number of sulfonamides is 1. The van der Waals surface area contributed by atoms with Crippen molar-refractivity contribution in [3.8, 4) is 5.75 Å². The number of benzene rings is 2. The lowest BCUT2D eigenvalue weighted by atomic mass is 10.1. The van der Waals surface area contributed by atoms with Gasteiger partial charge in [0, 0.05) is 6.54 Å². The van der Waals surface area contributed by atoms with Gasteiger partial charge < -0.3 is 4.74 Å². The molecule has 0 aliphatic heterocycles. The molecule has 0 radical (unpaired) electrons. The fourth-order valence-corrected chi connectivity index (χ4v) is 4.05. The van der Waals surface area contributed by atoms with Gasteiger partial charge in [0.25, 0.3) is 15.9 Å².